The molecule has 0 spiro atoms. The van der Waals surface area contributed by atoms with Crippen LogP contribution in [0.1, 0.15) is 24.6 Å². The number of nitrogens with zero attached hydrogens (tertiary/aromatic N) is 1. The summed E-state index contributed by atoms with van der Waals surface area (Å²) in [5.41, 5.74) is 0.694. The van der Waals surface area contributed by atoms with Crippen LogP contribution in [0.5, 0.6) is 5.75 Å². The Balaban J connectivity index is 1.53. The van der Waals surface area contributed by atoms with Crippen molar-refractivity contribution in [3.05, 3.63) is 48.4 Å². The summed E-state index contributed by atoms with van der Waals surface area (Å²) in [5, 5.41) is 6.71. The second-order valence-electron chi connectivity index (χ2n) is 6.01. The first-order valence-electron chi connectivity index (χ1n) is 8.49. The van der Waals surface area contributed by atoms with Gasteiger partial charge in [0.05, 0.1) is 12.3 Å². The van der Waals surface area contributed by atoms with Gasteiger partial charge in [0.1, 0.15) is 11.5 Å². The fourth-order valence-electron chi connectivity index (χ4n) is 3.03. The molecule has 1 aromatic heterocycles. The lowest BCUT2D eigenvalue weighted by Crippen LogP contribution is -2.38. The summed E-state index contributed by atoms with van der Waals surface area (Å²) in [4.78, 5) is 2.38. The number of halogens is 2. The van der Waals surface area contributed by atoms with Gasteiger partial charge in [0.15, 0.2) is 5.11 Å². The zero-order valence-electron chi connectivity index (χ0n) is 14.2. The minimum absolute atomic E-state index is 0.108. The lowest BCUT2D eigenvalue weighted by Gasteiger charge is -2.26. The van der Waals surface area contributed by atoms with Gasteiger partial charge >= 0.3 is 6.61 Å². The highest BCUT2D eigenvalue weighted by Crippen LogP contribution is 2.25. The molecule has 1 saturated heterocycles. The van der Waals surface area contributed by atoms with E-state index < -0.39 is 6.61 Å². The number of thiocarbonyl (C=S) groups is 1. The molecular weight excluding hydrogens is 360 g/mol. The summed E-state index contributed by atoms with van der Waals surface area (Å²) < 4.78 is 34.3. The standard InChI is InChI=1S/C18H21F2N3O2S/c19-17(20)25-14-7-5-13(6-8-14)22-18(26)21-12-15(16-4-3-11-24-16)23-9-1-2-10-23/h3-8,11,15,17H,1-2,9-10,12H2,(H2,21,22,26)/t15-/m1/s1. The van der Waals surface area contributed by atoms with Gasteiger partial charge in [-0.25, -0.2) is 0 Å². The van der Waals surface area contributed by atoms with Gasteiger partial charge < -0.3 is 19.8 Å². The van der Waals surface area contributed by atoms with Gasteiger partial charge in [0, 0.05) is 12.2 Å². The van der Waals surface area contributed by atoms with Crippen molar-refractivity contribution in [1.82, 2.24) is 10.2 Å². The van der Waals surface area contributed by atoms with Gasteiger partial charge in [0.2, 0.25) is 0 Å². The molecule has 0 aliphatic carbocycles. The lowest BCUT2D eigenvalue weighted by molar-refractivity contribution is -0.0498. The molecule has 0 amide bonds. The molecule has 26 heavy (non-hydrogen) atoms. The molecule has 1 aliphatic heterocycles. The number of benzene rings is 1. The van der Waals surface area contributed by atoms with Crippen LogP contribution in [0, 0.1) is 0 Å². The molecule has 2 N–H and O–H groups in total. The number of alkyl halides is 2. The summed E-state index contributed by atoms with van der Waals surface area (Å²) >= 11 is 5.34. The van der Waals surface area contributed by atoms with Crippen LogP contribution in [0.15, 0.2) is 47.1 Å². The third-order valence-corrected chi connectivity index (χ3v) is 4.49. The Kier molecular flexibility index (Phi) is 6.40. The molecule has 0 radical (unpaired) electrons. The summed E-state index contributed by atoms with van der Waals surface area (Å²) in [5.74, 6) is 1.02. The normalized spacial score (nSPS) is 15.8. The van der Waals surface area contributed by atoms with E-state index in [1.54, 1.807) is 18.4 Å². The first kappa shape index (κ1) is 18.6. The van der Waals surface area contributed by atoms with Gasteiger partial charge in [-0.2, -0.15) is 8.78 Å². The second kappa shape index (κ2) is 8.95. The number of likely N-dealkylation sites (tertiary alicyclic amines) is 1. The van der Waals surface area contributed by atoms with E-state index in [0.717, 1.165) is 18.8 Å². The van der Waals surface area contributed by atoms with E-state index >= 15 is 0 Å². The summed E-state index contributed by atoms with van der Waals surface area (Å²) in [7, 11) is 0. The van der Waals surface area contributed by atoms with Crippen LogP contribution < -0.4 is 15.4 Å². The molecule has 0 unspecified atom stereocenters. The summed E-state index contributed by atoms with van der Waals surface area (Å²) in [6.45, 7) is -0.135. The number of hydrogen-bond acceptors (Lipinski definition) is 4. The van der Waals surface area contributed by atoms with Crippen molar-refractivity contribution in [2.45, 2.75) is 25.5 Å². The molecular formula is C18H21F2N3O2S. The quantitative estimate of drug-likeness (QED) is 0.707. The van der Waals surface area contributed by atoms with Crippen molar-refractivity contribution in [2.75, 3.05) is 25.0 Å². The first-order valence-corrected chi connectivity index (χ1v) is 8.90. The van der Waals surface area contributed by atoms with Crippen LogP contribution in [-0.4, -0.2) is 36.3 Å². The predicted octanol–water partition coefficient (Wildman–Crippen LogP) is 4.00. The van der Waals surface area contributed by atoms with E-state index in [4.69, 9.17) is 16.6 Å². The van der Waals surface area contributed by atoms with Crippen LogP contribution >= 0.6 is 12.2 Å². The minimum Gasteiger partial charge on any atom is -0.468 e. The molecule has 1 fully saturated rings. The number of anilines is 1. The molecule has 1 aromatic carbocycles. The Bertz CT molecular complexity index is 689. The van der Waals surface area contributed by atoms with Gasteiger partial charge in [-0.15, -0.1) is 0 Å². The summed E-state index contributed by atoms with van der Waals surface area (Å²) in [6, 6.07) is 10.2. The second-order valence-corrected chi connectivity index (χ2v) is 6.42. The van der Waals surface area contributed by atoms with Crippen molar-refractivity contribution >= 4 is 23.0 Å². The highest BCUT2D eigenvalue weighted by molar-refractivity contribution is 7.80. The fourth-order valence-corrected chi connectivity index (χ4v) is 3.23. The van der Waals surface area contributed by atoms with Crippen molar-refractivity contribution in [3.63, 3.8) is 0 Å². The van der Waals surface area contributed by atoms with Gasteiger partial charge in [0.25, 0.3) is 0 Å². The number of hydrogen-bond donors (Lipinski definition) is 2. The third kappa shape index (κ3) is 5.15. The number of furan rings is 1. The maximum atomic E-state index is 12.2. The zero-order valence-corrected chi connectivity index (χ0v) is 15.0. The van der Waals surface area contributed by atoms with Crippen LogP contribution in [0.25, 0.3) is 0 Å². The molecule has 0 bridgehead atoms. The van der Waals surface area contributed by atoms with E-state index in [1.165, 1.54) is 25.0 Å². The van der Waals surface area contributed by atoms with Gasteiger partial charge in [-0.05, 0) is 74.5 Å². The number of rotatable bonds is 7. The topological polar surface area (TPSA) is 49.7 Å². The highest BCUT2D eigenvalue weighted by atomic mass is 32.1. The van der Waals surface area contributed by atoms with E-state index in [9.17, 15) is 8.78 Å². The Morgan fingerprint density at radius 2 is 1.92 bits per heavy atom. The number of nitrogens with one attached hydrogen (secondary N) is 2. The highest BCUT2D eigenvalue weighted by Gasteiger charge is 2.25. The van der Waals surface area contributed by atoms with E-state index in [2.05, 4.69) is 20.3 Å². The maximum Gasteiger partial charge on any atom is 0.387 e. The Morgan fingerprint density at radius 1 is 1.19 bits per heavy atom. The largest absolute Gasteiger partial charge is 0.468 e. The molecule has 1 aliphatic rings. The average molecular weight is 381 g/mol. The lowest BCUT2D eigenvalue weighted by atomic mass is 10.2. The number of ether oxygens (including phenoxy) is 1. The van der Waals surface area contributed by atoms with Crippen molar-refractivity contribution in [1.29, 1.82) is 0 Å². The van der Waals surface area contributed by atoms with Crippen LogP contribution in [0.4, 0.5) is 14.5 Å². The van der Waals surface area contributed by atoms with Crippen LogP contribution in [-0.2, 0) is 0 Å². The first-order chi connectivity index (χ1) is 12.6. The SMILES string of the molecule is FC(F)Oc1ccc(NC(=S)NC[C@H](c2ccco2)N2CCCC2)cc1. The molecule has 5 nitrogen and oxygen atoms in total. The molecule has 8 heteroatoms. The molecule has 140 valence electrons. The van der Waals surface area contributed by atoms with E-state index in [-0.39, 0.29) is 11.8 Å². The van der Waals surface area contributed by atoms with E-state index in [1.807, 2.05) is 12.1 Å². The van der Waals surface area contributed by atoms with Crippen LogP contribution in [0.2, 0.25) is 0 Å². The van der Waals surface area contributed by atoms with Crippen LogP contribution in [0.3, 0.4) is 0 Å². The molecule has 1 atom stereocenters. The average Bonchev–Trinajstić information content (AvgIpc) is 3.30. The molecule has 2 aromatic rings. The monoisotopic (exact) mass is 381 g/mol. The Morgan fingerprint density at radius 3 is 2.54 bits per heavy atom. The third-order valence-electron chi connectivity index (χ3n) is 4.25. The van der Waals surface area contributed by atoms with Gasteiger partial charge in [-0.3, -0.25) is 4.90 Å². The molecule has 0 saturated carbocycles. The van der Waals surface area contributed by atoms with Crippen molar-refractivity contribution < 1.29 is 17.9 Å². The van der Waals surface area contributed by atoms with Gasteiger partial charge in [-0.1, -0.05) is 0 Å². The summed E-state index contributed by atoms with van der Waals surface area (Å²) in [6.07, 6.45) is 4.05. The maximum absolute atomic E-state index is 12.2. The minimum atomic E-state index is -2.83. The fraction of sp³-hybridized carbons (Fsp3) is 0.389. The Labute approximate surface area is 156 Å². The molecule has 2 heterocycles. The van der Waals surface area contributed by atoms with Crippen molar-refractivity contribution in [2.24, 2.45) is 0 Å². The predicted molar refractivity (Wildman–Crippen MR) is 99.6 cm³/mol. The van der Waals surface area contributed by atoms with Crippen molar-refractivity contribution in [3.8, 4) is 5.75 Å². The molecule has 3 rings (SSSR count). The van der Waals surface area contributed by atoms with E-state index in [0.29, 0.717) is 17.3 Å². The smallest absolute Gasteiger partial charge is 0.387 e. The Hall–Kier alpha value is -2.19. The zero-order chi connectivity index (χ0) is 18.4.